The van der Waals surface area contributed by atoms with E-state index in [1.807, 2.05) is 19.2 Å². The number of halogens is 1. The van der Waals surface area contributed by atoms with Crippen LogP contribution in [0.1, 0.15) is 36.3 Å². The molecule has 6 heteroatoms. The maximum Gasteiger partial charge on any atom is 0.258 e. The molecule has 1 aliphatic carbocycles. The lowest BCUT2D eigenvalue weighted by Crippen LogP contribution is -2.30. The van der Waals surface area contributed by atoms with Crippen molar-refractivity contribution in [3.8, 4) is 21.8 Å². The highest BCUT2D eigenvalue weighted by Gasteiger charge is 2.32. The number of ketones is 1. The van der Waals surface area contributed by atoms with E-state index in [-0.39, 0.29) is 22.6 Å². The number of benzene rings is 1. The van der Waals surface area contributed by atoms with Gasteiger partial charge < -0.3 is 4.98 Å². The Morgan fingerprint density at radius 1 is 1.12 bits per heavy atom. The molecule has 26 heavy (non-hydrogen) atoms. The van der Waals surface area contributed by atoms with Crippen molar-refractivity contribution in [2.24, 2.45) is 5.41 Å². The Bertz CT molecular complexity index is 1060. The third-order valence-electron chi connectivity index (χ3n) is 4.59. The van der Waals surface area contributed by atoms with Crippen LogP contribution in [0.15, 0.2) is 40.5 Å². The average Bonchev–Trinajstić information content (AvgIpc) is 3.03. The summed E-state index contributed by atoms with van der Waals surface area (Å²) in [4.78, 5) is 32.4. The van der Waals surface area contributed by atoms with Crippen LogP contribution in [0.25, 0.3) is 21.8 Å². The second kappa shape index (κ2) is 5.99. The number of nitrogens with zero attached hydrogens (tertiary/aromatic N) is 1. The number of nitrogens with one attached hydrogen (secondary N) is 1. The van der Waals surface area contributed by atoms with E-state index >= 15 is 0 Å². The number of rotatable bonds is 2. The minimum atomic E-state index is -0.309. The predicted molar refractivity (Wildman–Crippen MR) is 100.0 cm³/mol. The van der Waals surface area contributed by atoms with Gasteiger partial charge in [0.25, 0.3) is 5.56 Å². The van der Waals surface area contributed by atoms with Crippen LogP contribution < -0.4 is 5.56 Å². The number of pyridine rings is 1. The molecule has 1 N–H and O–H groups in total. The van der Waals surface area contributed by atoms with E-state index in [9.17, 15) is 14.0 Å². The highest BCUT2D eigenvalue weighted by atomic mass is 32.1. The van der Waals surface area contributed by atoms with Crippen LogP contribution in [0.2, 0.25) is 0 Å². The van der Waals surface area contributed by atoms with E-state index in [1.165, 1.54) is 23.5 Å². The second-order valence-corrected chi connectivity index (χ2v) is 8.25. The molecule has 0 spiro atoms. The summed E-state index contributed by atoms with van der Waals surface area (Å²) in [6.07, 6.45) is 1.13. The van der Waals surface area contributed by atoms with Gasteiger partial charge >= 0.3 is 0 Å². The Morgan fingerprint density at radius 2 is 1.85 bits per heavy atom. The molecule has 3 aromatic rings. The van der Waals surface area contributed by atoms with Crippen LogP contribution in [0.3, 0.4) is 0 Å². The molecule has 132 valence electrons. The van der Waals surface area contributed by atoms with Gasteiger partial charge in [0, 0.05) is 28.6 Å². The summed E-state index contributed by atoms with van der Waals surface area (Å²) in [6.45, 7) is 4.05. The topological polar surface area (TPSA) is 62.8 Å². The fourth-order valence-electron chi connectivity index (χ4n) is 3.34. The summed E-state index contributed by atoms with van der Waals surface area (Å²) in [5.74, 6) is -0.263. The van der Waals surface area contributed by atoms with E-state index in [2.05, 4.69) is 9.97 Å². The number of thiazole rings is 1. The molecule has 0 radical (unpaired) electrons. The maximum atomic E-state index is 13.1. The van der Waals surface area contributed by atoms with Crippen LogP contribution in [0.4, 0.5) is 4.39 Å². The van der Waals surface area contributed by atoms with Crippen LogP contribution >= 0.6 is 11.3 Å². The molecule has 0 bridgehead atoms. The Kier molecular flexibility index (Phi) is 3.88. The number of hydrogen-bond donors (Lipinski definition) is 1. The van der Waals surface area contributed by atoms with Crippen molar-refractivity contribution in [1.29, 1.82) is 0 Å². The van der Waals surface area contributed by atoms with E-state index in [1.54, 1.807) is 18.2 Å². The second-order valence-electron chi connectivity index (χ2n) is 7.39. The monoisotopic (exact) mass is 368 g/mol. The van der Waals surface area contributed by atoms with Crippen molar-refractivity contribution >= 4 is 17.1 Å². The Morgan fingerprint density at radius 3 is 2.58 bits per heavy atom. The molecule has 0 atom stereocenters. The fourth-order valence-corrected chi connectivity index (χ4v) is 4.18. The minimum Gasteiger partial charge on any atom is -0.325 e. The third kappa shape index (κ3) is 3.01. The summed E-state index contributed by atoms with van der Waals surface area (Å²) in [7, 11) is 0. The molecule has 2 heterocycles. The molecule has 0 saturated carbocycles. The summed E-state index contributed by atoms with van der Waals surface area (Å²) < 4.78 is 13.1. The molecule has 0 aliphatic heterocycles. The first kappa shape index (κ1) is 16.8. The number of aromatic amines is 1. The first-order valence-electron chi connectivity index (χ1n) is 8.34. The normalized spacial score (nSPS) is 15.7. The summed E-state index contributed by atoms with van der Waals surface area (Å²) in [5, 5.41) is 2.37. The van der Waals surface area contributed by atoms with Crippen LogP contribution in [-0.2, 0) is 6.42 Å². The smallest absolute Gasteiger partial charge is 0.258 e. The van der Waals surface area contributed by atoms with Crippen LogP contribution in [-0.4, -0.2) is 15.8 Å². The lowest BCUT2D eigenvalue weighted by atomic mass is 9.75. The number of hydrogen-bond acceptors (Lipinski definition) is 4. The highest BCUT2D eigenvalue weighted by Crippen LogP contribution is 2.35. The van der Waals surface area contributed by atoms with Crippen molar-refractivity contribution in [3.63, 3.8) is 0 Å². The molecule has 4 nitrogen and oxygen atoms in total. The van der Waals surface area contributed by atoms with Crippen LogP contribution in [0, 0.1) is 11.2 Å². The Hall–Kier alpha value is -2.60. The molecular formula is C20H17FN2O2S. The zero-order chi connectivity index (χ0) is 18.5. The first-order valence-corrected chi connectivity index (χ1v) is 9.22. The predicted octanol–water partition coefficient (Wildman–Crippen LogP) is 4.46. The summed E-state index contributed by atoms with van der Waals surface area (Å²) >= 11 is 1.33. The van der Waals surface area contributed by atoms with Gasteiger partial charge in [0.2, 0.25) is 0 Å². The Labute approximate surface area is 153 Å². The molecule has 1 aromatic carbocycles. The third-order valence-corrected chi connectivity index (χ3v) is 5.47. The van der Waals surface area contributed by atoms with Crippen molar-refractivity contribution in [3.05, 3.63) is 63.1 Å². The molecule has 0 amide bonds. The van der Waals surface area contributed by atoms with Gasteiger partial charge in [-0.2, -0.15) is 0 Å². The van der Waals surface area contributed by atoms with Crippen LogP contribution in [0.5, 0.6) is 0 Å². The molecule has 4 rings (SSSR count). The zero-order valence-corrected chi connectivity index (χ0v) is 15.2. The van der Waals surface area contributed by atoms with Gasteiger partial charge in [-0.1, -0.05) is 13.8 Å². The summed E-state index contributed by atoms with van der Waals surface area (Å²) in [6, 6.07) is 7.72. The lowest BCUT2D eigenvalue weighted by Gasteiger charge is -2.29. The largest absolute Gasteiger partial charge is 0.325 e. The van der Waals surface area contributed by atoms with Gasteiger partial charge in [-0.25, -0.2) is 9.37 Å². The number of H-pyrrole nitrogens is 1. The molecule has 0 unspecified atom stereocenters. The number of carbonyl (C=O) groups excluding carboxylic acids is 1. The van der Waals surface area contributed by atoms with E-state index in [0.717, 1.165) is 5.56 Å². The number of carbonyl (C=O) groups is 1. The molecular weight excluding hydrogens is 351 g/mol. The molecule has 2 aromatic heterocycles. The van der Waals surface area contributed by atoms with E-state index in [0.29, 0.717) is 40.4 Å². The number of aromatic nitrogens is 2. The maximum absolute atomic E-state index is 13.1. The van der Waals surface area contributed by atoms with E-state index < -0.39 is 0 Å². The number of Topliss-reactive ketones (excluding diaryl/α,β-unsaturated/α-hetero) is 1. The number of fused-ring (bicyclic) bond motifs is 1. The zero-order valence-electron chi connectivity index (χ0n) is 14.4. The minimum absolute atomic E-state index is 0.0454. The van der Waals surface area contributed by atoms with Gasteiger partial charge in [-0.05, 0) is 42.2 Å². The van der Waals surface area contributed by atoms with Crippen molar-refractivity contribution in [2.75, 3.05) is 0 Å². The van der Waals surface area contributed by atoms with Gasteiger partial charge in [0.05, 0.1) is 11.3 Å². The van der Waals surface area contributed by atoms with E-state index in [4.69, 9.17) is 0 Å². The summed E-state index contributed by atoms with van der Waals surface area (Å²) in [5.41, 5.74) is 2.75. The standard InChI is InChI=1S/C20H17FN2O2S/c1-20(2)8-15-13(17(24)9-20)7-14(18(25)22-15)19-23-16(10-26-19)11-3-5-12(21)6-4-11/h3-7,10H,8-9H2,1-2H3,(H,22,25). The lowest BCUT2D eigenvalue weighted by molar-refractivity contribution is 0.0910. The molecule has 0 fully saturated rings. The fraction of sp³-hybridized carbons (Fsp3) is 0.250. The molecule has 1 aliphatic rings. The first-order chi connectivity index (χ1) is 12.3. The van der Waals surface area contributed by atoms with Crippen molar-refractivity contribution in [2.45, 2.75) is 26.7 Å². The SMILES string of the molecule is CC1(C)CC(=O)c2cc(-c3nc(-c4ccc(F)cc4)cs3)c(=O)[nH]c2C1. The van der Waals surface area contributed by atoms with Gasteiger partial charge in [-0.3, -0.25) is 9.59 Å². The van der Waals surface area contributed by atoms with Gasteiger partial charge in [0.15, 0.2) is 5.78 Å². The van der Waals surface area contributed by atoms with Gasteiger partial charge in [-0.15, -0.1) is 11.3 Å². The molecule has 0 saturated heterocycles. The average molecular weight is 368 g/mol. The van der Waals surface area contributed by atoms with Crippen molar-refractivity contribution < 1.29 is 9.18 Å². The van der Waals surface area contributed by atoms with Crippen molar-refractivity contribution in [1.82, 2.24) is 9.97 Å². The van der Waals surface area contributed by atoms with Gasteiger partial charge in [0.1, 0.15) is 10.8 Å². The quantitative estimate of drug-likeness (QED) is 0.726. The highest BCUT2D eigenvalue weighted by molar-refractivity contribution is 7.13. The Balaban J connectivity index is 1.76.